The molecule has 2 N–H and O–H groups in total. The summed E-state index contributed by atoms with van der Waals surface area (Å²) in [6, 6.07) is 0. The van der Waals surface area contributed by atoms with Crippen molar-refractivity contribution in [2.75, 3.05) is 0 Å². The first kappa shape index (κ1) is 13.8. The van der Waals surface area contributed by atoms with Crippen molar-refractivity contribution in [3.8, 4) is 0 Å². The van der Waals surface area contributed by atoms with Crippen LogP contribution in [0.2, 0.25) is 0 Å². The third kappa shape index (κ3) is 5.96. The average Bonchev–Trinajstić information content (AvgIpc) is 2.77. The minimum atomic E-state index is -1.02. The Morgan fingerprint density at radius 2 is 2.27 bits per heavy atom. The van der Waals surface area contributed by atoms with Gasteiger partial charge in [-0.3, -0.25) is 10.4 Å². The van der Waals surface area contributed by atoms with Crippen molar-refractivity contribution >= 4 is 36.3 Å². The normalized spacial score (nSPS) is 11.9. The third-order valence-corrected chi connectivity index (χ3v) is 1.73. The number of rotatable bonds is 0. The number of hydrogen-bond acceptors (Lipinski definition) is 4. The number of allylic oxidation sites excluding steroid dienone is 2. The third-order valence-electron chi connectivity index (χ3n) is 1.21. The van der Waals surface area contributed by atoms with E-state index in [-0.39, 0.29) is 18.9 Å². The molecule has 0 saturated heterocycles. The SMILES string of the molecule is O=C(O)N1C=CC=CN1.[Li].c1cscn1. The molecule has 0 saturated carbocycles. The first-order chi connectivity index (χ1) is 6.80. The van der Waals surface area contributed by atoms with E-state index < -0.39 is 6.09 Å². The van der Waals surface area contributed by atoms with E-state index >= 15 is 0 Å². The number of nitrogens with one attached hydrogen (secondary N) is 1. The molecule has 5 nitrogen and oxygen atoms in total. The van der Waals surface area contributed by atoms with Gasteiger partial charge in [-0.15, -0.1) is 11.3 Å². The van der Waals surface area contributed by atoms with Crippen LogP contribution in [0.25, 0.3) is 0 Å². The van der Waals surface area contributed by atoms with Crippen LogP contribution in [-0.4, -0.2) is 40.1 Å². The van der Waals surface area contributed by atoms with E-state index in [9.17, 15) is 4.79 Å². The minimum absolute atomic E-state index is 0. The van der Waals surface area contributed by atoms with E-state index in [0.29, 0.717) is 0 Å². The Hall–Kier alpha value is -1.22. The van der Waals surface area contributed by atoms with Gasteiger partial charge in [-0.1, -0.05) is 0 Å². The predicted molar refractivity (Wildman–Crippen MR) is 59.1 cm³/mol. The summed E-state index contributed by atoms with van der Waals surface area (Å²) in [5, 5.41) is 11.2. The van der Waals surface area contributed by atoms with Crippen molar-refractivity contribution in [3.63, 3.8) is 0 Å². The van der Waals surface area contributed by atoms with Gasteiger partial charge in [0.1, 0.15) is 0 Å². The molecule has 1 amide bonds. The Morgan fingerprint density at radius 3 is 2.53 bits per heavy atom. The molecule has 0 aliphatic carbocycles. The second-order valence-electron chi connectivity index (χ2n) is 2.16. The van der Waals surface area contributed by atoms with Gasteiger partial charge in [0.15, 0.2) is 0 Å². The molecule has 15 heavy (non-hydrogen) atoms. The summed E-state index contributed by atoms with van der Waals surface area (Å²) in [7, 11) is 0. The van der Waals surface area contributed by atoms with Crippen LogP contribution in [0.1, 0.15) is 0 Å². The van der Waals surface area contributed by atoms with Gasteiger partial charge in [0, 0.05) is 42.8 Å². The Balaban J connectivity index is 0.000000280. The smallest absolute Gasteiger partial charge is 0.430 e. The number of hydrazine groups is 1. The summed E-state index contributed by atoms with van der Waals surface area (Å²) in [6.45, 7) is 0. The summed E-state index contributed by atoms with van der Waals surface area (Å²) < 4.78 is 0. The molecule has 75 valence electrons. The van der Waals surface area contributed by atoms with Crippen LogP contribution in [0.4, 0.5) is 4.79 Å². The van der Waals surface area contributed by atoms with Gasteiger partial charge in [0.05, 0.1) is 5.51 Å². The first-order valence-corrected chi connectivity index (χ1v) is 4.69. The fourth-order valence-corrected chi connectivity index (χ4v) is 1.00. The van der Waals surface area contributed by atoms with Crippen LogP contribution in [0.15, 0.2) is 41.6 Å². The molecule has 1 radical (unpaired) electrons. The molecule has 0 fully saturated rings. The molecule has 0 bridgehead atoms. The van der Waals surface area contributed by atoms with Gasteiger partial charge in [-0.2, -0.15) is 5.01 Å². The largest absolute Gasteiger partial charge is 0.463 e. The van der Waals surface area contributed by atoms with Gasteiger partial charge in [-0.05, 0) is 12.2 Å². The van der Waals surface area contributed by atoms with E-state index in [2.05, 4.69) is 10.4 Å². The Morgan fingerprint density at radius 1 is 1.47 bits per heavy atom. The van der Waals surface area contributed by atoms with E-state index in [1.807, 2.05) is 5.38 Å². The number of thiazole rings is 1. The zero-order chi connectivity index (χ0) is 10.2. The summed E-state index contributed by atoms with van der Waals surface area (Å²) in [4.78, 5) is 13.9. The zero-order valence-corrected chi connectivity index (χ0v) is 9.02. The molecule has 7 heteroatoms. The molecule has 0 unspecified atom stereocenters. The Bertz CT molecular complexity index is 309. The predicted octanol–water partition coefficient (Wildman–Crippen LogP) is 1.27. The molecule has 0 atom stereocenters. The molecule has 0 aromatic carbocycles. The van der Waals surface area contributed by atoms with Gasteiger partial charge in [-0.25, -0.2) is 4.79 Å². The molecule has 1 aliphatic heterocycles. The van der Waals surface area contributed by atoms with E-state index in [4.69, 9.17) is 5.11 Å². The summed E-state index contributed by atoms with van der Waals surface area (Å²) in [5.41, 5.74) is 4.28. The monoisotopic (exact) mass is 218 g/mol. The maximum Gasteiger partial charge on any atom is 0.430 e. The Labute approximate surface area is 103 Å². The summed E-state index contributed by atoms with van der Waals surface area (Å²) in [6.07, 6.45) is 7.04. The molecule has 1 aromatic heterocycles. The van der Waals surface area contributed by atoms with Crippen molar-refractivity contribution in [2.24, 2.45) is 0 Å². The van der Waals surface area contributed by atoms with E-state index in [1.54, 1.807) is 35.2 Å². The number of carboxylic acid groups (broad SMARTS) is 1. The van der Waals surface area contributed by atoms with Gasteiger partial charge >= 0.3 is 6.09 Å². The maximum absolute atomic E-state index is 10.1. The number of aromatic nitrogens is 1. The molecule has 2 rings (SSSR count). The van der Waals surface area contributed by atoms with Crippen LogP contribution in [0.3, 0.4) is 0 Å². The van der Waals surface area contributed by atoms with Gasteiger partial charge < -0.3 is 5.11 Å². The standard InChI is InChI=1S/C5H6N2O2.C3H3NS.Li/c8-5(9)7-4-2-1-3-6-7;1-2-5-3-4-1;/h1-4,6H,(H,8,9);1-3H;. The number of amides is 1. The molecular formula is C8H9LiN3O2S. The second kappa shape index (κ2) is 8.12. The van der Waals surface area contributed by atoms with Crippen molar-refractivity contribution in [1.29, 1.82) is 0 Å². The second-order valence-corrected chi connectivity index (χ2v) is 2.91. The minimum Gasteiger partial charge on any atom is -0.463 e. The van der Waals surface area contributed by atoms with Crippen LogP contribution in [0, 0.1) is 0 Å². The summed E-state index contributed by atoms with van der Waals surface area (Å²) >= 11 is 1.60. The quantitative estimate of drug-likeness (QED) is 0.643. The fraction of sp³-hybridized carbons (Fsp3) is 0. The molecule has 1 aromatic rings. The first-order valence-electron chi connectivity index (χ1n) is 3.74. The topological polar surface area (TPSA) is 65.5 Å². The number of hydrogen-bond donors (Lipinski definition) is 2. The van der Waals surface area contributed by atoms with Gasteiger partial charge in [0.2, 0.25) is 0 Å². The van der Waals surface area contributed by atoms with Crippen molar-refractivity contribution in [3.05, 3.63) is 41.6 Å². The Kier molecular flexibility index (Phi) is 7.45. The maximum atomic E-state index is 10.1. The van der Waals surface area contributed by atoms with Crippen molar-refractivity contribution in [2.45, 2.75) is 0 Å². The van der Waals surface area contributed by atoms with Crippen molar-refractivity contribution in [1.82, 2.24) is 15.4 Å². The van der Waals surface area contributed by atoms with Crippen molar-refractivity contribution < 1.29 is 9.90 Å². The average molecular weight is 218 g/mol. The van der Waals surface area contributed by atoms with E-state index in [1.165, 1.54) is 12.4 Å². The van der Waals surface area contributed by atoms with Crippen LogP contribution < -0.4 is 5.43 Å². The number of nitrogens with zero attached hydrogens (tertiary/aromatic N) is 2. The number of carbonyl (C=O) groups is 1. The van der Waals surface area contributed by atoms with Gasteiger partial charge in [0.25, 0.3) is 0 Å². The van der Waals surface area contributed by atoms with Crippen LogP contribution in [-0.2, 0) is 0 Å². The van der Waals surface area contributed by atoms with E-state index in [0.717, 1.165) is 5.01 Å². The van der Waals surface area contributed by atoms with Crippen LogP contribution in [0.5, 0.6) is 0 Å². The molecular weight excluding hydrogens is 209 g/mol. The molecule has 2 heterocycles. The fourth-order valence-electron chi connectivity index (χ4n) is 0.652. The molecule has 1 aliphatic rings. The molecule has 0 spiro atoms. The zero-order valence-electron chi connectivity index (χ0n) is 8.20. The summed E-state index contributed by atoms with van der Waals surface area (Å²) in [5.74, 6) is 0. The van der Waals surface area contributed by atoms with Crippen LogP contribution >= 0.6 is 11.3 Å².